The summed E-state index contributed by atoms with van der Waals surface area (Å²) in [7, 11) is 0. The van der Waals surface area contributed by atoms with Crippen molar-refractivity contribution in [1.29, 1.82) is 0 Å². The van der Waals surface area contributed by atoms with Crippen molar-refractivity contribution in [3.05, 3.63) is 71.3 Å². The molecule has 0 aliphatic heterocycles. The van der Waals surface area contributed by atoms with E-state index in [1.165, 1.54) is 16.5 Å². The van der Waals surface area contributed by atoms with Gasteiger partial charge in [0.2, 0.25) is 5.91 Å². The molecule has 0 aliphatic rings. The fraction of sp³-hybridized carbons (Fsp3) is 0.158. The molecule has 0 aliphatic carbocycles. The first-order valence-electron chi connectivity index (χ1n) is 7.53. The van der Waals surface area contributed by atoms with Crippen molar-refractivity contribution in [2.45, 2.75) is 18.4 Å². The molecule has 0 atom stereocenters. The number of carbonyl (C=O) groups excluding carboxylic acids is 1. The average molecular weight is 357 g/mol. The zero-order valence-corrected chi connectivity index (χ0v) is 15.3. The zero-order chi connectivity index (χ0) is 17.4. The van der Waals surface area contributed by atoms with Crippen LogP contribution in [0.5, 0.6) is 0 Å². The van der Waals surface area contributed by atoms with Gasteiger partial charge in [0.15, 0.2) is 5.11 Å². The molecule has 3 nitrogen and oxygen atoms in total. The standard InChI is InChI=1S/C19H20N2OS2/c1-14-3-5-15(6-4-14)9-12-18(22)21-19(23)20-13-16-7-10-17(24-2)11-8-16/h3-12H,13H2,1-2H3,(H2,20,21,22,23)/b12-9+. The van der Waals surface area contributed by atoms with E-state index in [2.05, 4.69) is 22.8 Å². The number of nitrogens with one attached hydrogen (secondary N) is 2. The molecule has 124 valence electrons. The second-order valence-corrected chi connectivity index (χ2v) is 6.55. The van der Waals surface area contributed by atoms with Gasteiger partial charge in [-0.25, -0.2) is 0 Å². The number of hydrogen-bond donors (Lipinski definition) is 2. The van der Waals surface area contributed by atoms with Gasteiger partial charge >= 0.3 is 0 Å². The molecular weight excluding hydrogens is 336 g/mol. The van der Waals surface area contributed by atoms with Gasteiger partial charge in [0.1, 0.15) is 0 Å². The monoisotopic (exact) mass is 356 g/mol. The van der Waals surface area contributed by atoms with E-state index >= 15 is 0 Å². The Morgan fingerprint density at radius 1 is 1.12 bits per heavy atom. The lowest BCUT2D eigenvalue weighted by Crippen LogP contribution is -2.37. The molecule has 0 unspecified atom stereocenters. The zero-order valence-electron chi connectivity index (χ0n) is 13.7. The van der Waals surface area contributed by atoms with E-state index in [1.807, 2.05) is 49.6 Å². The van der Waals surface area contributed by atoms with Crippen LogP contribution in [0.2, 0.25) is 0 Å². The second kappa shape index (κ2) is 9.25. The number of carbonyl (C=O) groups is 1. The minimum Gasteiger partial charge on any atom is -0.358 e. The molecule has 0 fully saturated rings. The van der Waals surface area contributed by atoms with E-state index in [9.17, 15) is 4.79 Å². The maximum absolute atomic E-state index is 11.9. The van der Waals surface area contributed by atoms with Crippen LogP contribution in [0.3, 0.4) is 0 Å². The van der Waals surface area contributed by atoms with Crippen molar-refractivity contribution in [2.75, 3.05) is 6.26 Å². The number of hydrogen-bond acceptors (Lipinski definition) is 3. The maximum atomic E-state index is 11.9. The summed E-state index contributed by atoms with van der Waals surface area (Å²) < 4.78 is 0. The molecule has 0 aromatic heterocycles. The van der Waals surface area contributed by atoms with Crippen molar-refractivity contribution in [1.82, 2.24) is 10.6 Å². The topological polar surface area (TPSA) is 41.1 Å². The Morgan fingerprint density at radius 3 is 2.42 bits per heavy atom. The van der Waals surface area contributed by atoms with Crippen molar-refractivity contribution in [3.8, 4) is 0 Å². The molecule has 0 radical (unpaired) electrons. The van der Waals surface area contributed by atoms with Crippen LogP contribution < -0.4 is 10.6 Å². The highest BCUT2D eigenvalue weighted by molar-refractivity contribution is 7.98. The molecule has 2 aromatic rings. The van der Waals surface area contributed by atoms with E-state index in [0.717, 1.165) is 11.1 Å². The first kappa shape index (κ1) is 18.2. The van der Waals surface area contributed by atoms with Crippen LogP contribution in [0.15, 0.2) is 59.5 Å². The van der Waals surface area contributed by atoms with Crippen molar-refractivity contribution in [3.63, 3.8) is 0 Å². The van der Waals surface area contributed by atoms with Gasteiger partial charge in [0, 0.05) is 17.5 Å². The lowest BCUT2D eigenvalue weighted by molar-refractivity contribution is -0.115. The van der Waals surface area contributed by atoms with Crippen molar-refractivity contribution in [2.24, 2.45) is 0 Å². The predicted octanol–water partition coefficient (Wildman–Crippen LogP) is 3.92. The normalized spacial score (nSPS) is 10.6. The van der Waals surface area contributed by atoms with Gasteiger partial charge in [-0.3, -0.25) is 10.1 Å². The number of rotatable bonds is 5. The van der Waals surface area contributed by atoms with Gasteiger partial charge < -0.3 is 5.32 Å². The summed E-state index contributed by atoms with van der Waals surface area (Å²) in [6.45, 7) is 2.61. The Bertz CT molecular complexity index is 722. The Kier molecular flexibility index (Phi) is 7.03. The van der Waals surface area contributed by atoms with Gasteiger partial charge in [-0.05, 0) is 54.7 Å². The van der Waals surface area contributed by atoms with Crippen molar-refractivity contribution >= 4 is 41.1 Å². The highest BCUT2D eigenvalue weighted by atomic mass is 32.2. The molecule has 24 heavy (non-hydrogen) atoms. The van der Waals surface area contributed by atoms with Gasteiger partial charge in [0.05, 0.1) is 0 Å². The lowest BCUT2D eigenvalue weighted by Gasteiger charge is -2.08. The van der Waals surface area contributed by atoms with E-state index in [-0.39, 0.29) is 5.91 Å². The molecule has 0 heterocycles. The molecule has 2 N–H and O–H groups in total. The summed E-state index contributed by atoms with van der Waals surface area (Å²) in [5, 5.41) is 6.00. The highest BCUT2D eigenvalue weighted by Gasteiger charge is 2.01. The third kappa shape index (κ3) is 6.18. The first-order valence-corrected chi connectivity index (χ1v) is 9.16. The minimum atomic E-state index is -0.245. The molecule has 0 saturated heterocycles. The van der Waals surface area contributed by atoms with Crippen LogP contribution in [0, 0.1) is 6.92 Å². The first-order chi connectivity index (χ1) is 11.6. The number of thiocarbonyl (C=S) groups is 1. The van der Waals surface area contributed by atoms with Crippen LogP contribution in [-0.4, -0.2) is 17.3 Å². The number of thioether (sulfide) groups is 1. The fourth-order valence-corrected chi connectivity index (χ4v) is 2.55. The van der Waals surface area contributed by atoms with Gasteiger partial charge in [-0.2, -0.15) is 0 Å². The smallest absolute Gasteiger partial charge is 0.250 e. The molecule has 0 saturated carbocycles. The molecule has 2 rings (SSSR count). The van der Waals surface area contributed by atoms with E-state index < -0.39 is 0 Å². The summed E-state index contributed by atoms with van der Waals surface area (Å²) in [4.78, 5) is 13.1. The number of amides is 1. The average Bonchev–Trinajstić information content (AvgIpc) is 2.60. The van der Waals surface area contributed by atoms with Gasteiger partial charge in [0.25, 0.3) is 0 Å². The number of benzene rings is 2. The molecule has 0 spiro atoms. The van der Waals surface area contributed by atoms with Crippen LogP contribution in [0.25, 0.3) is 6.08 Å². The van der Waals surface area contributed by atoms with Gasteiger partial charge in [-0.15, -0.1) is 11.8 Å². The Hall–Kier alpha value is -2.11. The predicted molar refractivity (Wildman–Crippen MR) is 106 cm³/mol. The van der Waals surface area contributed by atoms with E-state index in [0.29, 0.717) is 11.7 Å². The third-order valence-electron chi connectivity index (χ3n) is 3.35. The second-order valence-electron chi connectivity index (χ2n) is 5.26. The molecule has 1 amide bonds. The fourth-order valence-electron chi connectivity index (χ4n) is 1.97. The molecule has 0 bridgehead atoms. The molecule has 2 aromatic carbocycles. The highest BCUT2D eigenvalue weighted by Crippen LogP contribution is 2.14. The van der Waals surface area contributed by atoms with Crippen LogP contribution >= 0.6 is 24.0 Å². The van der Waals surface area contributed by atoms with Crippen molar-refractivity contribution < 1.29 is 4.79 Å². The number of aryl methyl sites for hydroxylation is 1. The summed E-state index contributed by atoms with van der Waals surface area (Å²) in [6, 6.07) is 16.2. The maximum Gasteiger partial charge on any atom is 0.250 e. The summed E-state index contributed by atoms with van der Waals surface area (Å²) in [5.41, 5.74) is 3.27. The van der Waals surface area contributed by atoms with Crippen LogP contribution in [0.1, 0.15) is 16.7 Å². The minimum absolute atomic E-state index is 0.245. The quantitative estimate of drug-likeness (QED) is 0.484. The lowest BCUT2D eigenvalue weighted by atomic mass is 10.1. The SMILES string of the molecule is CSc1ccc(CNC(=S)NC(=O)/C=C/c2ccc(C)cc2)cc1. The van der Waals surface area contributed by atoms with Crippen LogP contribution in [0.4, 0.5) is 0 Å². The summed E-state index contributed by atoms with van der Waals surface area (Å²) in [5.74, 6) is -0.245. The Morgan fingerprint density at radius 2 is 1.79 bits per heavy atom. The third-order valence-corrected chi connectivity index (χ3v) is 4.34. The van der Waals surface area contributed by atoms with Crippen LogP contribution in [-0.2, 0) is 11.3 Å². The largest absolute Gasteiger partial charge is 0.358 e. The molecular formula is C19H20N2OS2. The Labute approximate surface area is 152 Å². The van der Waals surface area contributed by atoms with E-state index in [4.69, 9.17) is 12.2 Å². The Balaban J connectivity index is 1.78. The van der Waals surface area contributed by atoms with E-state index in [1.54, 1.807) is 17.8 Å². The molecule has 5 heteroatoms. The summed E-state index contributed by atoms with van der Waals surface area (Å²) in [6.07, 6.45) is 5.28. The van der Waals surface area contributed by atoms with Gasteiger partial charge in [-0.1, -0.05) is 42.0 Å². The summed E-state index contributed by atoms with van der Waals surface area (Å²) >= 11 is 6.85.